The summed E-state index contributed by atoms with van der Waals surface area (Å²) in [6, 6.07) is 9.75. The van der Waals surface area contributed by atoms with E-state index in [-0.39, 0.29) is 0 Å². The average Bonchev–Trinajstić information content (AvgIpc) is 3.08. The maximum atomic E-state index is 5.87. The molecule has 25 heavy (non-hydrogen) atoms. The molecule has 0 atom stereocenters. The third-order valence-electron chi connectivity index (χ3n) is 4.50. The summed E-state index contributed by atoms with van der Waals surface area (Å²) < 4.78 is 7.55. The van der Waals surface area contributed by atoms with Crippen molar-refractivity contribution >= 4 is 5.78 Å². The highest BCUT2D eigenvalue weighted by Crippen LogP contribution is 2.20. The molecule has 3 heterocycles. The number of nitrogens with zero attached hydrogens (tertiary/aromatic N) is 6. The van der Waals surface area contributed by atoms with Gasteiger partial charge < -0.3 is 9.64 Å². The van der Waals surface area contributed by atoms with Crippen molar-refractivity contribution in [2.75, 3.05) is 46.4 Å². The largest absolute Gasteiger partial charge is 0.492 e. The van der Waals surface area contributed by atoms with Crippen molar-refractivity contribution in [1.82, 2.24) is 29.4 Å². The van der Waals surface area contributed by atoms with Gasteiger partial charge in [-0.1, -0.05) is 0 Å². The lowest BCUT2D eigenvalue weighted by atomic mass is 10.2. The summed E-state index contributed by atoms with van der Waals surface area (Å²) in [5.74, 6) is 2.15. The quantitative estimate of drug-likeness (QED) is 0.701. The van der Waals surface area contributed by atoms with E-state index >= 15 is 0 Å². The number of hydrogen-bond donors (Lipinski definition) is 0. The highest BCUT2D eigenvalue weighted by Gasteiger charge is 2.13. The van der Waals surface area contributed by atoms with Gasteiger partial charge >= 0.3 is 0 Å². The maximum absolute atomic E-state index is 5.87. The second kappa shape index (κ2) is 7.16. The van der Waals surface area contributed by atoms with Crippen LogP contribution in [0, 0.1) is 0 Å². The van der Waals surface area contributed by atoms with Gasteiger partial charge in [0.05, 0.1) is 0 Å². The Morgan fingerprint density at radius 3 is 2.64 bits per heavy atom. The second-order valence-corrected chi connectivity index (χ2v) is 6.32. The van der Waals surface area contributed by atoms with Gasteiger partial charge in [-0.2, -0.15) is 4.98 Å². The molecule has 0 N–H and O–H groups in total. The summed E-state index contributed by atoms with van der Waals surface area (Å²) in [4.78, 5) is 13.4. The third kappa shape index (κ3) is 3.78. The summed E-state index contributed by atoms with van der Waals surface area (Å²) in [6.45, 7) is 6.18. The van der Waals surface area contributed by atoms with E-state index in [9.17, 15) is 0 Å². The Kier molecular flexibility index (Phi) is 4.58. The minimum absolute atomic E-state index is 0.602. The predicted octanol–water partition coefficient (Wildman–Crippen LogP) is 1.42. The first-order chi connectivity index (χ1) is 12.3. The fourth-order valence-electron chi connectivity index (χ4n) is 2.92. The van der Waals surface area contributed by atoms with Gasteiger partial charge in [-0.15, -0.1) is 5.10 Å². The molecule has 130 valence electrons. The Morgan fingerprint density at radius 2 is 1.88 bits per heavy atom. The fraction of sp³-hybridized carbons (Fsp3) is 0.389. The van der Waals surface area contributed by atoms with Crippen LogP contribution in [0.15, 0.2) is 42.7 Å². The van der Waals surface area contributed by atoms with Gasteiger partial charge in [-0.25, -0.2) is 9.50 Å². The Labute approximate surface area is 146 Å². The molecule has 0 amide bonds. The van der Waals surface area contributed by atoms with Crippen LogP contribution >= 0.6 is 0 Å². The smallest absolute Gasteiger partial charge is 0.252 e. The molecule has 1 aliphatic rings. The Hall–Kier alpha value is -2.51. The minimum Gasteiger partial charge on any atom is -0.492 e. The number of rotatable bonds is 5. The van der Waals surface area contributed by atoms with E-state index in [0.29, 0.717) is 18.2 Å². The second-order valence-electron chi connectivity index (χ2n) is 6.32. The molecule has 0 aliphatic carbocycles. The van der Waals surface area contributed by atoms with Crippen molar-refractivity contribution in [3.63, 3.8) is 0 Å². The molecule has 7 nitrogen and oxygen atoms in total. The van der Waals surface area contributed by atoms with Crippen molar-refractivity contribution in [2.24, 2.45) is 0 Å². The van der Waals surface area contributed by atoms with Crippen LogP contribution in [-0.2, 0) is 0 Å². The van der Waals surface area contributed by atoms with E-state index in [2.05, 4.69) is 31.9 Å². The van der Waals surface area contributed by atoms with Gasteiger partial charge in [0.2, 0.25) is 0 Å². The highest BCUT2D eigenvalue weighted by molar-refractivity contribution is 5.57. The van der Waals surface area contributed by atoms with Crippen molar-refractivity contribution in [1.29, 1.82) is 0 Å². The zero-order valence-electron chi connectivity index (χ0n) is 14.4. The number of aromatic nitrogens is 4. The molecule has 2 aromatic heterocycles. The van der Waals surface area contributed by atoms with E-state index in [1.807, 2.05) is 36.5 Å². The standard InChI is InChI=1S/C18H22N6O/c1-22-9-11-23(12-10-22)13-14-25-16-5-3-15(4-6-16)17-20-18-19-7-2-8-24(18)21-17/h2-8H,9-14H2,1H3. The number of piperazine rings is 1. The van der Waals surface area contributed by atoms with Gasteiger partial charge in [0.1, 0.15) is 12.4 Å². The first-order valence-electron chi connectivity index (χ1n) is 8.59. The van der Waals surface area contributed by atoms with Crippen LogP contribution in [0.3, 0.4) is 0 Å². The van der Waals surface area contributed by atoms with E-state index in [1.54, 1.807) is 10.7 Å². The molecule has 1 aliphatic heterocycles. The Morgan fingerprint density at radius 1 is 1.08 bits per heavy atom. The van der Waals surface area contributed by atoms with Crippen LogP contribution in [-0.4, -0.2) is 75.8 Å². The number of likely N-dealkylation sites (N-methyl/N-ethyl adjacent to an activating group) is 1. The van der Waals surface area contributed by atoms with Gasteiger partial charge in [0, 0.05) is 50.7 Å². The third-order valence-corrected chi connectivity index (χ3v) is 4.50. The lowest BCUT2D eigenvalue weighted by Crippen LogP contribution is -2.45. The molecule has 1 aromatic carbocycles. The van der Waals surface area contributed by atoms with E-state index < -0.39 is 0 Å². The fourth-order valence-corrected chi connectivity index (χ4v) is 2.92. The number of hydrogen-bond acceptors (Lipinski definition) is 6. The summed E-state index contributed by atoms with van der Waals surface area (Å²) in [6.07, 6.45) is 3.56. The van der Waals surface area contributed by atoms with E-state index in [0.717, 1.165) is 44.0 Å². The molecule has 3 aromatic rings. The number of benzene rings is 1. The summed E-state index contributed by atoms with van der Waals surface area (Å²) in [5.41, 5.74) is 0.955. The molecule has 0 saturated carbocycles. The van der Waals surface area contributed by atoms with Crippen LogP contribution in [0.5, 0.6) is 5.75 Å². The van der Waals surface area contributed by atoms with Crippen LogP contribution in [0.4, 0.5) is 0 Å². The van der Waals surface area contributed by atoms with Crippen LogP contribution in [0.1, 0.15) is 0 Å². The molecule has 0 bridgehead atoms. The molecular weight excluding hydrogens is 316 g/mol. The Balaban J connectivity index is 1.34. The first-order valence-corrected chi connectivity index (χ1v) is 8.59. The topological polar surface area (TPSA) is 58.8 Å². The van der Waals surface area contributed by atoms with Crippen LogP contribution in [0.2, 0.25) is 0 Å². The molecule has 0 unspecified atom stereocenters. The van der Waals surface area contributed by atoms with Crippen molar-refractivity contribution < 1.29 is 4.74 Å². The highest BCUT2D eigenvalue weighted by atomic mass is 16.5. The lowest BCUT2D eigenvalue weighted by Gasteiger charge is -2.32. The molecule has 0 spiro atoms. The molecule has 0 radical (unpaired) electrons. The van der Waals surface area contributed by atoms with E-state index in [1.165, 1.54) is 0 Å². The van der Waals surface area contributed by atoms with Crippen molar-refractivity contribution in [3.05, 3.63) is 42.7 Å². The zero-order chi connectivity index (χ0) is 17.1. The van der Waals surface area contributed by atoms with Gasteiger partial charge in [-0.05, 0) is 37.4 Å². The average molecular weight is 338 g/mol. The molecule has 1 fully saturated rings. The van der Waals surface area contributed by atoms with Crippen molar-refractivity contribution in [2.45, 2.75) is 0 Å². The van der Waals surface area contributed by atoms with Gasteiger partial charge in [0.15, 0.2) is 5.82 Å². The number of fused-ring (bicyclic) bond motifs is 1. The summed E-state index contributed by atoms with van der Waals surface area (Å²) >= 11 is 0. The minimum atomic E-state index is 0.602. The molecule has 7 heteroatoms. The monoisotopic (exact) mass is 338 g/mol. The molecular formula is C18H22N6O. The normalized spacial score (nSPS) is 16.4. The Bertz CT molecular complexity index is 790. The zero-order valence-corrected chi connectivity index (χ0v) is 14.4. The maximum Gasteiger partial charge on any atom is 0.252 e. The van der Waals surface area contributed by atoms with Crippen LogP contribution < -0.4 is 4.74 Å². The molecule has 1 saturated heterocycles. The van der Waals surface area contributed by atoms with Crippen molar-refractivity contribution in [3.8, 4) is 17.1 Å². The summed E-state index contributed by atoms with van der Waals surface area (Å²) in [7, 11) is 2.17. The van der Waals surface area contributed by atoms with E-state index in [4.69, 9.17) is 4.74 Å². The SMILES string of the molecule is CN1CCN(CCOc2ccc(-c3nc4ncccn4n3)cc2)CC1. The first kappa shape index (κ1) is 16.0. The molecule has 4 rings (SSSR count). The van der Waals surface area contributed by atoms with Crippen LogP contribution in [0.25, 0.3) is 17.2 Å². The number of ether oxygens (including phenoxy) is 1. The lowest BCUT2D eigenvalue weighted by molar-refractivity contribution is 0.134. The predicted molar refractivity (Wildman–Crippen MR) is 95.7 cm³/mol. The van der Waals surface area contributed by atoms with Gasteiger partial charge in [-0.3, -0.25) is 4.90 Å². The van der Waals surface area contributed by atoms with Gasteiger partial charge in [0.25, 0.3) is 5.78 Å². The summed E-state index contributed by atoms with van der Waals surface area (Å²) in [5, 5.41) is 4.43.